The first-order valence-corrected chi connectivity index (χ1v) is 8.40. The van der Waals surface area contributed by atoms with Crippen molar-refractivity contribution in [1.29, 1.82) is 0 Å². The van der Waals surface area contributed by atoms with Crippen molar-refractivity contribution in [2.24, 2.45) is 11.3 Å². The van der Waals surface area contributed by atoms with Gasteiger partial charge in [-0.05, 0) is 38.4 Å². The Morgan fingerprint density at radius 1 is 1.10 bits per heavy atom. The normalized spacial score (nSPS) is 15.3. The van der Waals surface area contributed by atoms with Gasteiger partial charge in [-0.3, -0.25) is 0 Å². The van der Waals surface area contributed by atoms with Gasteiger partial charge in [-0.2, -0.15) is 0 Å². The van der Waals surface area contributed by atoms with Gasteiger partial charge < -0.3 is 15.1 Å². The van der Waals surface area contributed by atoms with Crippen molar-refractivity contribution in [3.8, 4) is 0 Å². The monoisotopic (exact) mass is 285 g/mol. The maximum Gasteiger partial charge on any atom is 0.0109 e. The molecule has 0 aromatic carbocycles. The van der Waals surface area contributed by atoms with Crippen molar-refractivity contribution in [3.05, 3.63) is 0 Å². The lowest BCUT2D eigenvalue weighted by Gasteiger charge is -2.37. The highest BCUT2D eigenvalue weighted by atomic mass is 15.2. The Morgan fingerprint density at radius 3 is 2.20 bits per heavy atom. The molecule has 20 heavy (non-hydrogen) atoms. The summed E-state index contributed by atoms with van der Waals surface area (Å²) in [6.45, 7) is 18.5. The van der Waals surface area contributed by atoms with Crippen molar-refractivity contribution in [1.82, 2.24) is 15.1 Å². The van der Waals surface area contributed by atoms with Crippen molar-refractivity contribution in [3.63, 3.8) is 0 Å². The molecule has 0 aromatic rings. The molecule has 0 amide bonds. The van der Waals surface area contributed by atoms with Crippen LogP contribution in [-0.4, -0.2) is 63.2 Å². The molecule has 3 heteroatoms. The summed E-state index contributed by atoms with van der Waals surface area (Å²) in [5, 5.41) is 3.56. The fourth-order valence-electron chi connectivity index (χ4n) is 2.89. The fraction of sp³-hybridized carbons (Fsp3) is 1.00. The quantitative estimate of drug-likeness (QED) is 0.595. The van der Waals surface area contributed by atoms with E-state index in [1.165, 1.54) is 32.5 Å². The van der Waals surface area contributed by atoms with Crippen LogP contribution in [0.2, 0.25) is 0 Å². The molecule has 0 aliphatic heterocycles. The number of nitrogens with zero attached hydrogens (tertiary/aromatic N) is 2. The van der Waals surface area contributed by atoms with E-state index in [4.69, 9.17) is 0 Å². The van der Waals surface area contributed by atoms with E-state index in [1.54, 1.807) is 0 Å². The maximum atomic E-state index is 3.56. The summed E-state index contributed by atoms with van der Waals surface area (Å²) in [7, 11) is 4.33. The first kappa shape index (κ1) is 19.9. The third-order valence-electron chi connectivity index (χ3n) is 3.75. The van der Waals surface area contributed by atoms with Crippen LogP contribution in [0.3, 0.4) is 0 Å². The van der Waals surface area contributed by atoms with Crippen LogP contribution < -0.4 is 5.32 Å². The van der Waals surface area contributed by atoms with Gasteiger partial charge in [0.25, 0.3) is 0 Å². The molecule has 0 spiro atoms. The zero-order chi connectivity index (χ0) is 15.6. The first-order valence-electron chi connectivity index (χ1n) is 8.40. The van der Waals surface area contributed by atoms with E-state index in [-0.39, 0.29) is 0 Å². The second-order valence-corrected chi connectivity index (χ2v) is 7.27. The van der Waals surface area contributed by atoms with Gasteiger partial charge >= 0.3 is 0 Å². The highest BCUT2D eigenvalue weighted by Gasteiger charge is 2.26. The molecule has 1 N–H and O–H groups in total. The zero-order valence-corrected chi connectivity index (χ0v) is 15.1. The smallest absolute Gasteiger partial charge is 0.0109 e. The van der Waals surface area contributed by atoms with Crippen molar-refractivity contribution in [2.45, 2.75) is 47.5 Å². The minimum absolute atomic E-state index is 0.395. The van der Waals surface area contributed by atoms with E-state index >= 15 is 0 Å². The summed E-state index contributed by atoms with van der Waals surface area (Å²) in [6, 6.07) is 0. The Labute approximate surface area is 128 Å². The van der Waals surface area contributed by atoms with Gasteiger partial charge in [0.2, 0.25) is 0 Å². The van der Waals surface area contributed by atoms with Crippen LogP contribution in [0, 0.1) is 11.3 Å². The van der Waals surface area contributed by atoms with E-state index in [9.17, 15) is 0 Å². The van der Waals surface area contributed by atoms with E-state index in [2.05, 4.69) is 63.8 Å². The Morgan fingerprint density at radius 2 is 1.75 bits per heavy atom. The summed E-state index contributed by atoms with van der Waals surface area (Å²) in [5.74, 6) is 0.738. The van der Waals surface area contributed by atoms with Crippen LogP contribution in [0.25, 0.3) is 0 Å². The third kappa shape index (κ3) is 9.73. The van der Waals surface area contributed by atoms with Gasteiger partial charge in [0.05, 0.1) is 0 Å². The Hall–Kier alpha value is -0.120. The predicted octanol–water partition coefficient (Wildman–Crippen LogP) is 2.92. The highest BCUT2D eigenvalue weighted by molar-refractivity contribution is 4.81. The lowest BCUT2D eigenvalue weighted by molar-refractivity contribution is 0.129. The van der Waals surface area contributed by atoms with Crippen LogP contribution in [0.4, 0.5) is 0 Å². The van der Waals surface area contributed by atoms with E-state index in [1.807, 2.05) is 0 Å². The Bertz CT molecular complexity index is 228. The minimum atomic E-state index is 0.395. The fourth-order valence-corrected chi connectivity index (χ4v) is 2.89. The van der Waals surface area contributed by atoms with Crippen LogP contribution in [0.1, 0.15) is 47.5 Å². The number of nitrogens with one attached hydrogen (secondary N) is 1. The topological polar surface area (TPSA) is 18.5 Å². The van der Waals surface area contributed by atoms with Crippen LogP contribution in [0.15, 0.2) is 0 Å². The SMILES string of the molecule is CCCC(C)(CNCC)CN(CCN(C)C)CC(C)C. The molecule has 122 valence electrons. The summed E-state index contributed by atoms with van der Waals surface area (Å²) >= 11 is 0. The largest absolute Gasteiger partial charge is 0.316 e. The molecule has 0 fully saturated rings. The highest BCUT2D eigenvalue weighted by Crippen LogP contribution is 2.24. The van der Waals surface area contributed by atoms with Gasteiger partial charge in [0.15, 0.2) is 0 Å². The molecular formula is C17H39N3. The average molecular weight is 286 g/mol. The third-order valence-corrected chi connectivity index (χ3v) is 3.75. The number of rotatable bonds is 12. The molecule has 0 aliphatic rings. The van der Waals surface area contributed by atoms with Gasteiger partial charge in [0, 0.05) is 32.7 Å². The van der Waals surface area contributed by atoms with Gasteiger partial charge in [-0.1, -0.05) is 41.0 Å². The molecule has 0 radical (unpaired) electrons. The van der Waals surface area contributed by atoms with Crippen LogP contribution >= 0.6 is 0 Å². The van der Waals surface area contributed by atoms with Gasteiger partial charge in [-0.25, -0.2) is 0 Å². The lowest BCUT2D eigenvalue weighted by atomic mass is 9.84. The summed E-state index contributed by atoms with van der Waals surface area (Å²) < 4.78 is 0. The summed E-state index contributed by atoms with van der Waals surface area (Å²) in [4.78, 5) is 4.95. The molecule has 0 saturated heterocycles. The minimum Gasteiger partial charge on any atom is -0.316 e. The van der Waals surface area contributed by atoms with E-state index in [0.717, 1.165) is 25.6 Å². The molecule has 3 nitrogen and oxygen atoms in total. The number of likely N-dealkylation sites (N-methyl/N-ethyl adjacent to an activating group) is 1. The number of hydrogen-bond donors (Lipinski definition) is 1. The van der Waals surface area contributed by atoms with Crippen molar-refractivity contribution < 1.29 is 0 Å². The second-order valence-electron chi connectivity index (χ2n) is 7.27. The second kappa shape index (κ2) is 10.6. The maximum absolute atomic E-state index is 3.56. The Kier molecular flexibility index (Phi) is 10.5. The first-order chi connectivity index (χ1) is 9.33. The lowest BCUT2D eigenvalue weighted by Crippen LogP contribution is -2.45. The summed E-state index contributed by atoms with van der Waals surface area (Å²) in [6.07, 6.45) is 2.57. The molecule has 0 heterocycles. The molecule has 1 unspecified atom stereocenters. The molecule has 0 saturated carbocycles. The molecule has 0 aliphatic carbocycles. The van der Waals surface area contributed by atoms with E-state index < -0.39 is 0 Å². The molecule has 0 aromatic heterocycles. The van der Waals surface area contributed by atoms with Gasteiger partial charge in [0.1, 0.15) is 0 Å². The van der Waals surface area contributed by atoms with Crippen molar-refractivity contribution in [2.75, 3.05) is 53.4 Å². The molecule has 1 atom stereocenters. The van der Waals surface area contributed by atoms with Gasteiger partial charge in [-0.15, -0.1) is 0 Å². The van der Waals surface area contributed by atoms with E-state index in [0.29, 0.717) is 5.41 Å². The Balaban J connectivity index is 4.59. The van der Waals surface area contributed by atoms with Crippen molar-refractivity contribution >= 4 is 0 Å². The van der Waals surface area contributed by atoms with Crippen LogP contribution in [-0.2, 0) is 0 Å². The molecule has 0 rings (SSSR count). The number of hydrogen-bond acceptors (Lipinski definition) is 3. The molecule has 0 bridgehead atoms. The summed E-state index contributed by atoms with van der Waals surface area (Å²) in [5.41, 5.74) is 0.395. The predicted molar refractivity (Wildman–Crippen MR) is 91.4 cm³/mol. The molecular weight excluding hydrogens is 246 g/mol. The zero-order valence-electron chi connectivity index (χ0n) is 15.1. The average Bonchev–Trinajstić information content (AvgIpc) is 2.33. The standard InChI is InChI=1S/C17H39N3/c1-8-10-17(5,14-18-9-2)15-20(13-16(3)4)12-11-19(6)7/h16,18H,8-15H2,1-7H3. The van der Waals surface area contributed by atoms with Crippen LogP contribution in [0.5, 0.6) is 0 Å².